The van der Waals surface area contributed by atoms with Crippen molar-refractivity contribution in [1.82, 2.24) is 25.3 Å². The average Bonchev–Trinajstić information content (AvgIpc) is 3.42. The molecule has 2 aromatic heterocycles. The quantitative estimate of drug-likeness (QED) is 0.484. The van der Waals surface area contributed by atoms with Crippen LogP contribution in [0.4, 0.5) is 0 Å². The maximum Gasteiger partial charge on any atom is 0.247 e. The van der Waals surface area contributed by atoms with Crippen LogP contribution >= 0.6 is 11.6 Å². The van der Waals surface area contributed by atoms with E-state index < -0.39 is 0 Å². The number of hydrogen-bond acceptors (Lipinski definition) is 5. The molecule has 0 aliphatic heterocycles. The highest BCUT2D eigenvalue weighted by atomic mass is 35.5. The minimum atomic E-state index is -0.0932. The molecule has 4 aromatic rings. The summed E-state index contributed by atoms with van der Waals surface area (Å²) in [6.07, 6.45) is 4.24. The van der Waals surface area contributed by atoms with E-state index in [1.807, 2.05) is 61.7 Å². The number of nitrogens with one attached hydrogen (secondary N) is 1. The second kappa shape index (κ2) is 8.92. The van der Waals surface area contributed by atoms with Crippen LogP contribution in [0.1, 0.15) is 23.4 Å². The molecule has 8 heteroatoms. The third-order valence-electron chi connectivity index (χ3n) is 4.55. The maximum atomic E-state index is 12.2. The molecule has 0 bridgehead atoms. The number of nitrogens with zero attached hydrogens (tertiary/aromatic N) is 4. The lowest BCUT2D eigenvalue weighted by atomic mass is 10.1. The van der Waals surface area contributed by atoms with E-state index in [-0.39, 0.29) is 12.3 Å². The van der Waals surface area contributed by atoms with E-state index in [1.54, 1.807) is 10.9 Å². The topological polar surface area (TPSA) is 85.8 Å². The summed E-state index contributed by atoms with van der Waals surface area (Å²) in [5.41, 5.74) is 3.82. The first-order valence-electron chi connectivity index (χ1n) is 9.52. The van der Waals surface area contributed by atoms with Gasteiger partial charge in [-0.1, -0.05) is 29.3 Å². The van der Waals surface area contributed by atoms with E-state index in [9.17, 15) is 4.79 Å². The Morgan fingerprint density at radius 3 is 2.63 bits per heavy atom. The molecule has 0 saturated carbocycles. The lowest BCUT2D eigenvalue weighted by molar-refractivity contribution is -0.121. The Hall–Kier alpha value is -3.45. The Bertz CT molecular complexity index is 1040. The van der Waals surface area contributed by atoms with Crippen LogP contribution in [0.2, 0.25) is 5.02 Å². The number of aromatic nitrogens is 4. The van der Waals surface area contributed by atoms with E-state index in [0.717, 1.165) is 22.4 Å². The zero-order chi connectivity index (χ0) is 20.9. The molecule has 152 valence electrons. The summed E-state index contributed by atoms with van der Waals surface area (Å²) >= 11 is 5.91. The number of benzene rings is 2. The van der Waals surface area contributed by atoms with E-state index in [2.05, 4.69) is 20.6 Å². The summed E-state index contributed by atoms with van der Waals surface area (Å²) < 4.78 is 7.40. The van der Waals surface area contributed by atoms with Crippen LogP contribution in [-0.2, 0) is 17.8 Å². The van der Waals surface area contributed by atoms with Crippen LogP contribution in [0.25, 0.3) is 17.1 Å². The van der Waals surface area contributed by atoms with Crippen molar-refractivity contribution in [3.8, 4) is 17.1 Å². The summed E-state index contributed by atoms with van der Waals surface area (Å²) in [6.45, 7) is 2.41. The van der Waals surface area contributed by atoms with Crippen molar-refractivity contribution in [2.45, 2.75) is 26.3 Å². The monoisotopic (exact) mass is 421 g/mol. The molecule has 1 N–H and O–H groups in total. The molecule has 0 saturated heterocycles. The molecule has 30 heavy (non-hydrogen) atoms. The van der Waals surface area contributed by atoms with Gasteiger partial charge >= 0.3 is 0 Å². The van der Waals surface area contributed by atoms with Crippen LogP contribution < -0.4 is 5.32 Å². The fraction of sp³-hybridized carbons (Fsp3) is 0.182. The first-order valence-corrected chi connectivity index (χ1v) is 9.90. The van der Waals surface area contributed by atoms with Crippen molar-refractivity contribution >= 4 is 17.5 Å². The molecule has 1 amide bonds. The number of rotatable bonds is 7. The van der Waals surface area contributed by atoms with Crippen LogP contribution in [-0.4, -0.2) is 25.9 Å². The summed E-state index contributed by atoms with van der Waals surface area (Å²) in [6, 6.07) is 15.2. The van der Waals surface area contributed by atoms with Gasteiger partial charge in [-0.3, -0.25) is 4.79 Å². The number of carbonyl (C=O) groups excluding carboxylic acids is 1. The minimum absolute atomic E-state index is 0.0932. The fourth-order valence-electron chi connectivity index (χ4n) is 2.86. The number of aryl methyl sites for hydroxylation is 2. The van der Waals surface area contributed by atoms with Gasteiger partial charge in [-0.15, -0.1) is 10.2 Å². The minimum Gasteiger partial charge on any atom is -0.421 e. The van der Waals surface area contributed by atoms with E-state index in [0.29, 0.717) is 29.8 Å². The number of amides is 1. The molecule has 0 radical (unpaired) electrons. The Morgan fingerprint density at radius 1 is 1.10 bits per heavy atom. The molecule has 0 spiro atoms. The van der Waals surface area contributed by atoms with Crippen LogP contribution in [0.15, 0.2) is 65.3 Å². The predicted molar refractivity (Wildman–Crippen MR) is 113 cm³/mol. The normalized spacial score (nSPS) is 10.9. The standard InChI is InChI=1S/C22H20ClN5O2/c1-15-2-4-17(5-3-15)22-27-26-21(30-22)11-10-20(29)24-12-16-13-25-28(14-16)19-8-6-18(23)7-9-19/h2-9,13-14H,10-12H2,1H3,(H,24,29). The van der Waals surface area contributed by atoms with Gasteiger partial charge in [0.25, 0.3) is 0 Å². The third-order valence-corrected chi connectivity index (χ3v) is 4.80. The van der Waals surface area contributed by atoms with Crippen LogP contribution in [0.5, 0.6) is 0 Å². The highest BCUT2D eigenvalue weighted by Gasteiger charge is 2.11. The molecule has 2 heterocycles. The van der Waals surface area contributed by atoms with Gasteiger partial charge in [0.05, 0.1) is 11.9 Å². The average molecular weight is 422 g/mol. The van der Waals surface area contributed by atoms with Crippen LogP contribution in [0.3, 0.4) is 0 Å². The Labute approximate surface area is 178 Å². The molecule has 0 atom stereocenters. The number of halogens is 1. The van der Waals surface area contributed by atoms with Crippen molar-refractivity contribution in [3.05, 3.63) is 83.0 Å². The van der Waals surface area contributed by atoms with Crippen molar-refractivity contribution in [3.63, 3.8) is 0 Å². The van der Waals surface area contributed by atoms with Crippen molar-refractivity contribution < 1.29 is 9.21 Å². The second-order valence-electron chi connectivity index (χ2n) is 6.91. The highest BCUT2D eigenvalue weighted by Crippen LogP contribution is 2.18. The fourth-order valence-corrected chi connectivity index (χ4v) is 2.99. The molecular formula is C22H20ClN5O2. The Kier molecular flexibility index (Phi) is 5.90. The second-order valence-corrected chi connectivity index (χ2v) is 7.35. The summed E-state index contributed by atoms with van der Waals surface area (Å²) in [7, 11) is 0. The largest absolute Gasteiger partial charge is 0.421 e. The molecular weight excluding hydrogens is 402 g/mol. The molecule has 2 aromatic carbocycles. The van der Waals surface area contributed by atoms with E-state index in [1.165, 1.54) is 0 Å². The lowest BCUT2D eigenvalue weighted by Crippen LogP contribution is -2.22. The zero-order valence-corrected chi connectivity index (χ0v) is 17.1. The zero-order valence-electron chi connectivity index (χ0n) is 16.4. The molecule has 0 unspecified atom stereocenters. The van der Waals surface area contributed by atoms with Gasteiger partial charge in [-0.05, 0) is 43.3 Å². The van der Waals surface area contributed by atoms with Gasteiger partial charge < -0.3 is 9.73 Å². The first-order chi connectivity index (χ1) is 14.6. The maximum absolute atomic E-state index is 12.2. The van der Waals surface area contributed by atoms with Crippen LogP contribution in [0, 0.1) is 6.92 Å². The summed E-state index contributed by atoms with van der Waals surface area (Å²) in [5.74, 6) is 0.806. The Balaban J connectivity index is 1.27. The predicted octanol–water partition coefficient (Wildman–Crippen LogP) is 4.13. The van der Waals surface area contributed by atoms with Gasteiger partial charge in [0.15, 0.2) is 0 Å². The first kappa shape index (κ1) is 19.8. The van der Waals surface area contributed by atoms with Gasteiger partial charge in [-0.2, -0.15) is 5.10 Å². The number of hydrogen-bond donors (Lipinski definition) is 1. The van der Waals surface area contributed by atoms with E-state index >= 15 is 0 Å². The summed E-state index contributed by atoms with van der Waals surface area (Å²) in [5, 5.41) is 16.0. The number of carbonyl (C=O) groups is 1. The molecule has 7 nitrogen and oxygen atoms in total. The van der Waals surface area contributed by atoms with Crippen molar-refractivity contribution in [2.75, 3.05) is 0 Å². The van der Waals surface area contributed by atoms with Gasteiger partial charge in [-0.25, -0.2) is 4.68 Å². The van der Waals surface area contributed by atoms with Gasteiger partial charge in [0.2, 0.25) is 17.7 Å². The van der Waals surface area contributed by atoms with E-state index in [4.69, 9.17) is 16.0 Å². The highest BCUT2D eigenvalue weighted by molar-refractivity contribution is 6.30. The van der Waals surface area contributed by atoms with Crippen molar-refractivity contribution in [2.24, 2.45) is 0 Å². The van der Waals surface area contributed by atoms with Gasteiger partial charge in [0.1, 0.15) is 0 Å². The Morgan fingerprint density at radius 2 is 1.87 bits per heavy atom. The molecule has 4 rings (SSSR count). The summed E-state index contributed by atoms with van der Waals surface area (Å²) in [4.78, 5) is 12.2. The molecule has 0 aliphatic rings. The SMILES string of the molecule is Cc1ccc(-c2nnc(CCC(=O)NCc3cnn(-c4ccc(Cl)cc4)c3)o2)cc1. The molecule has 0 aliphatic carbocycles. The lowest BCUT2D eigenvalue weighted by Gasteiger charge is -2.02. The third kappa shape index (κ3) is 4.93. The smallest absolute Gasteiger partial charge is 0.247 e. The van der Waals surface area contributed by atoms with Gasteiger partial charge in [0, 0.05) is 41.7 Å². The van der Waals surface area contributed by atoms with Crippen molar-refractivity contribution in [1.29, 1.82) is 0 Å². The molecule has 0 fully saturated rings.